The van der Waals surface area contributed by atoms with Crippen molar-refractivity contribution in [2.24, 2.45) is 5.41 Å². The first-order valence-electron chi connectivity index (χ1n) is 5.92. The number of hydrogen-bond acceptors (Lipinski definition) is 2. The van der Waals surface area contributed by atoms with Crippen molar-refractivity contribution in [1.29, 1.82) is 0 Å². The lowest BCUT2D eigenvalue weighted by atomic mass is 9.68. The molecule has 15 heavy (non-hydrogen) atoms. The molecule has 2 unspecified atom stereocenters. The quantitative estimate of drug-likeness (QED) is 0.498. The minimum absolute atomic E-state index is 0.130. The molecule has 0 N–H and O–H groups in total. The lowest BCUT2D eigenvalue weighted by molar-refractivity contribution is -0.102. The highest BCUT2D eigenvalue weighted by atomic mass is 35.5. The molecule has 0 bridgehead atoms. The Morgan fingerprint density at radius 2 is 2.00 bits per heavy atom. The van der Waals surface area contributed by atoms with E-state index < -0.39 is 0 Å². The van der Waals surface area contributed by atoms with Gasteiger partial charge in [0, 0.05) is 17.4 Å². The van der Waals surface area contributed by atoms with Gasteiger partial charge in [-0.2, -0.15) is 0 Å². The van der Waals surface area contributed by atoms with Crippen LogP contribution in [0.2, 0.25) is 0 Å². The fourth-order valence-electron chi connectivity index (χ4n) is 1.72. The van der Waals surface area contributed by atoms with Crippen molar-refractivity contribution in [3.05, 3.63) is 0 Å². The van der Waals surface area contributed by atoms with Gasteiger partial charge in [-0.15, -0.1) is 11.6 Å². The van der Waals surface area contributed by atoms with Gasteiger partial charge >= 0.3 is 0 Å². The highest BCUT2D eigenvalue weighted by Crippen LogP contribution is 2.46. The van der Waals surface area contributed by atoms with Crippen molar-refractivity contribution in [2.75, 3.05) is 19.8 Å². The highest BCUT2D eigenvalue weighted by Gasteiger charge is 2.47. The summed E-state index contributed by atoms with van der Waals surface area (Å²) >= 11 is 6.11. The first-order valence-corrected chi connectivity index (χ1v) is 6.36. The molecule has 0 spiro atoms. The summed E-state index contributed by atoms with van der Waals surface area (Å²) in [4.78, 5) is 0. The third-order valence-electron chi connectivity index (χ3n) is 3.25. The lowest BCUT2D eigenvalue weighted by Gasteiger charge is -2.48. The zero-order valence-electron chi connectivity index (χ0n) is 10.1. The van der Waals surface area contributed by atoms with Crippen LogP contribution in [-0.4, -0.2) is 31.3 Å². The Morgan fingerprint density at radius 1 is 1.27 bits per heavy atom. The normalized spacial score (nSPS) is 28.8. The van der Waals surface area contributed by atoms with Gasteiger partial charge in [0.25, 0.3) is 0 Å². The van der Waals surface area contributed by atoms with Gasteiger partial charge in [0.15, 0.2) is 0 Å². The molecular formula is C12H23ClO2. The Labute approximate surface area is 98.3 Å². The summed E-state index contributed by atoms with van der Waals surface area (Å²) in [6.45, 7) is 8.75. The van der Waals surface area contributed by atoms with Crippen LogP contribution in [0.15, 0.2) is 0 Å². The standard InChI is InChI=1S/C12H23ClO2/c1-4-5-6-14-7-8-15-11-9-10(13)12(11,2)3/h10-11H,4-9H2,1-3H3. The van der Waals surface area contributed by atoms with E-state index in [1.807, 2.05) is 0 Å². The van der Waals surface area contributed by atoms with Crippen molar-refractivity contribution >= 4 is 11.6 Å². The van der Waals surface area contributed by atoms with Crippen LogP contribution in [0.1, 0.15) is 40.0 Å². The fraction of sp³-hybridized carbons (Fsp3) is 1.00. The number of alkyl halides is 1. The molecule has 90 valence electrons. The largest absolute Gasteiger partial charge is 0.379 e. The summed E-state index contributed by atoms with van der Waals surface area (Å²) < 4.78 is 11.2. The van der Waals surface area contributed by atoms with Crippen LogP contribution >= 0.6 is 11.6 Å². The minimum Gasteiger partial charge on any atom is -0.379 e. The second-order valence-corrected chi connectivity index (χ2v) is 5.38. The predicted molar refractivity (Wildman–Crippen MR) is 63.5 cm³/mol. The van der Waals surface area contributed by atoms with E-state index in [1.165, 1.54) is 6.42 Å². The first-order chi connectivity index (χ1) is 7.09. The fourth-order valence-corrected chi connectivity index (χ4v) is 2.02. The summed E-state index contributed by atoms with van der Waals surface area (Å²) in [6, 6.07) is 0. The Balaban J connectivity index is 1.97. The first kappa shape index (κ1) is 13.3. The van der Waals surface area contributed by atoms with E-state index in [-0.39, 0.29) is 10.8 Å². The van der Waals surface area contributed by atoms with Crippen LogP contribution in [-0.2, 0) is 9.47 Å². The van der Waals surface area contributed by atoms with E-state index in [0.717, 1.165) is 19.4 Å². The number of unbranched alkanes of at least 4 members (excludes halogenated alkanes) is 1. The molecule has 1 fully saturated rings. The molecule has 0 aliphatic heterocycles. The van der Waals surface area contributed by atoms with E-state index in [0.29, 0.717) is 19.3 Å². The van der Waals surface area contributed by atoms with Gasteiger partial charge in [0.05, 0.1) is 19.3 Å². The SMILES string of the molecule is CCCCOCCOC1CC(Cl)C1(C)C. The van der Waals surface area contributed by atoms with E-state index in [9.17, 15) is 0 Å². The van der Waals surface area contributed by atoms with E-state index in [2.05, 4.69) is 20.8 Å². The molecule has 2 atom stereocenters. The lowest BCUT2D eigenvalue weighted by Crippen LogP contribution is -2.52. The third kappa shape index (κ3) is 3.61. The zero-order chi connectivity index (χ0) is 11.3. The Kier molecular flexibility index (Phi) is 5.37. The molecule has 0 heterocycles. The topological polar surface area (TPSA) is 18.5 Å². The van der Waals surface area contributed by atoms with Crippen LogP contribution in [0.25, 0.3) is 0 Å². The summed E-state index contributed by atoms with van der Waals surface area (Å²) in [6.07, 6.45) is 3.61. The number of halogens is 1. The van der Waals surface area contributed by atoms with Gasteiger partial charge in [0.2, 0.25) is 0 Å². The molecule has 0 aromatic rings. The van der Waals surface area contributed by atoms with Crippen LogP contribution in [0, 0.1) is 5.41 Å². The molecule has 1 saturated carbocycles. The average molecular weight is 235 g/mol. The van der Waals surface area contributed by atoms with E-state index in [4.69, 9.17) is 21.1 Å². The summed E-state index contributed by atoms with van der Waals surface area (Å²) in [5.74, 6) is 0. The molecule has 0 aromatic carbocycles. The van der Waals surface area contributed by atoms with Gasteiger partial charge in [-0.1, -0.05) is 27.2 Å². The monoisotopic (exact) mass is 234 g/mol. The summed E-state index contributed by atoms with van der Waals surface area (Å²) in [5.41, 5.74) is 0.130. The number of hydrogen-bond donors (Lipinski definition) is 0. The van der Waals surface area contributed by atoms with Gasteiger partial charge in [-0.3, -0.25) is 0 Å². The van der Waals surface area contributed by atoms with Crippen LogP contribution in [0.4, 0.5) is 0 Å². The van der Waals surface area contributed by atoms with Gasteiger partial charge in [-0.05, 0) is 12.8 Å². The maximum atomic E-state index is 6.11. The zero-order valence-corrected chi connectivity index (χ0v) is 10.8. The number of rotatable bonds is 7. The van der Waals surface area contributed by atoms with Gasteiger partial charge in [0.1, 0.15) is 0 Å². The smallest absolute Gasteiger partial charge is 0.0704 e. The Bertz CT molecular complexity index is 182. The van der Waals surface area contributed by atoms with Gasteiger partial charge in [-0.25, -0.2) is 0 Å². The van der Waals surface area contributed by atoms with Crippen molar-refractivity contribution in [2.45, 2.75) is 51.5 Å². The Hall–Kier alpha value is 0.210. The molecule has 0 radical (unpaired) electrons. The molecule has 1 aliphatic carbocycles. The Morgan fingerprint density at radius 3 is 2.53 bits per heavy atom. The molecule has 0 saturated heterocycles. The van der Waals surface area contributed by atoms with Crippen LogP contribution < -0.4 is 0 Å². The van der Waals surface area contributed by atoms with E-state index in [1.54, 1.807) is 0 Å². The second kappa shape index (κ2) is 6.07. The third-order valence-corrected chi connectivity index (χ3v) is 3.99. The van der Waals surface area contributed by atoms with Crippen LogP contribution in [0.3, 0.4) is 0 Å². The highest BCUT2D eigenvalue weighted by molar-refractivity contribution is 6.21. The van der Waals surface area contributed by atoms with Crippen molar-refractivity contribution in [3.8, 4) is 0 Å². The van der Waals surface area contributed by atoms with Crippen molar-refractivity contribution in [1.82, 2.24) is 0 Å². The maximum Gasteiger partial charge on any atom is 0.0704 e. The molecular weight excluding hydrogens is 212 g/mol. The van der Waals surface area contributed by atoms with Crippen molar-refractivity contribution < 1.29 is 9.47 Å². The molecule has 2 nitrogen and oxygen atoms in total. The second-order valence-electron chi connectivity index (χ2n) is 4.85. The molecule has 0 amide bonds. The molecule has 3 heteroatoms. The average Bonchev–Trinajstić information content (AvgIpc) is 2.21. The molecule has 1 aliphatic rings. The number of ether oxygens (including phenoxy) is 2. The van der Waals surface area contributed by atoms with Crippen LogP contribution in [0.5, 0.6) is 0 Å². The predicted octanol–water partition coefficient (Wildman–Crippen LogP) is 3.23. The molecule has 1 rings (SSSR count). The summed E-state index contributed by atoms with van der Waals surface area (Å²) in [5, 5.41) is 0.267. The minimum atomic E-state index is 0.130. The van der Waals surface area contributed by atoms with Gasteiger partial charge < -0.3 is 9.47 Å². The van der Waals surface area contributed by atoms with E-state index >= 15 is 0 Å². The summed E-state index contributed by atoms with van der Waals surface area (Å²) in [7, 11) is 0. The maximum absolute atomic E-state index is 6.11. The van der Waals surface area contributed by atoms with Crippen molar-refractivity contribution in [3.63, 3.8) is 0 Å². The molecule has 0 aromatic heterocycles.